The largest absolute Gasteiger partial charge is 0.480 e. The fourth-order valence-electron chi connectivity index (χ4n) is 0.308. The molecule has 0 saturated carbocycles. The molecule has 0 aromatic carbocycles. The molecule has 1 atom stereocenters. The number of aliphatic carboxylic acids is 1. The predicted molar refractivity (Wildman–Crippen MR) is 35.4 cm³/mol. The molecule has 0 rings (SSSR count). The van der Waals surface area contributed by atoms with Crippen LogP contribution in [-0.2, 0) is 9.63 Å². The molecule has 9 heavy (non-hydrogen) atoms. The van der Waals surface area contributed by atoms with Crippen molar-refractivity contribution in [1.82, 2.24) is 5.48 Å². The summed E-state index contributed by atoms with van der Waals surface area (Å²) in [5, 5.41) is 8.31. The van der Waals surface area contributed by atoms with E-state index in [1.54, 1.807) is 0 Å². The van der Waals surface area contributed by atoms with Gasteiger partial charge < -0.3 is 9.94 Å². The molecule has 0 fully saturated rings. The van der Waals surface area contributed by atoms with E-state index in [2.05, 4.69) is 22.9 Å². The Morgan fingerprint density at radius 3 is 2.67 bits per heavy atom. The molecule has 54 valence electrons. The monoisotopic (exact) mass is 151 g/mol. The number of hydrogen-bond donors (Lipinski definition) is 3. The lowest BCUT2D eigenvalue weighted by molar-refractivity contribution is -0.142. The molecule has 0 saturated heterocycles. The molecule has 0 aromatic heterocycles. The zero-order valence-electron chi connectivity index (χ0n) is 5.00. The van der Waals surface area contributed by atoms with Gasteiger partial charge in [0.15, 0.2) is 0 Å². The van der Waals surface area contributed by atoms with Gasteiger partial charge in [-0.15, -0.1) is 0 Å². The predicted octanol–water partition coefficient (Wildman–Crippen LogP) is -0.480. The summed E-state index contributed by atoms with van der Waals surface area (Å²) in [5.74, 6) is -0.754. The first-order valence-electron chi connectivity index (χ1n) is 2.34. The third kappa shape index (κ3) is 3.34. The van der Waals surface area contributed by atoms with Crippen molar-refractivity contribution >= 4 is 18.6 Å². The highest BCUT2D eigenvalue weighted by atomic mass is 32.1. The summed E-state index contributed by atoms with van der Waals surface area (Å²) < 4.78 is 0. The van der Waals surface area contributed by atoms with Crippen molar-refractivity contribution in [3.8, 4) is 0 Å². The first-order valence-corrected chi connectivity index (χ1v) is 2.97. The standard InChI is InChI=1S/C4H9NO3S/c1-8-5-3(2-9)4(6)7/h3,5,9H,2H2,1H3,(H,6,7)/t3-/m0/s1. The van der Waals surface area contributed by atoms with Crippen LogP contribution in [0.15, 0.2) is 0 Å². The van der Waals surface area contributed by atoms with E-state index in [1.165, 1.54) is 7.11 Å². The molecule has 5 heteroatoms. The summed E-state index contributed by atoms with van der Waals surface area (Å²) in [4.78, 5) is 14.5. The molecule has 0 spiro atoms. The molecule has 0 amide bonds. The van der Waals surface area contributed by atoms with Gasteiger partial charge >= 0.3 is 5.97 Å². The van der Waals surface area contributed by atoms with E-state index >= 15 is 0 Å². The van der Waals surface area contributed by atoms with Crippen LogP contribution in [0.2, 0.25) is 0 Å². The number of hydrogen-bond acceptors (Lipinski definition) is 4. The van der Waals surface area contributed by atoms with Crippen LogP contribution in [0.1, 0.15) is 0 Å². The summed E-state index contributed by atoms with van der Waals surface area (Å²) in [5.41, 5.74) is 2.26. The van der Waals surface area contributed by atoms with Gasteiger partial charge in [0, 0.05) is 5.75 Å². The van der Waals surface area contributed by atoms with Gasteiger partial charge in [-0.2, -0.15) is 18.1 Å². The van der Waals surface area contributed by atoms with Crippen molar-refractivity contribution < 1.29 is 14.7 Å². The van der Waals surface area contributed by atoms with Crippen LogP contribution in [0.3, 0.4) is 0 Å². The Hall–Kier alpha value is -0.260. The Kier molecular flexibility index (Phi) is 4.47. The lowest BCUT2D eigenvalue weighted by atomic mass is 10.4. The molecule has 0 aliphatic rings. The van der Waals surface area contributed by atoms with Crippen LogP contribution < -0.4 is 5.48 Å². The molecule has 0 bridgehead atoms. The number of carboxylic acid groups (broad SMARTS) is 1. The van der Waals surface area contributed by atoms with Gasteiger partial charge in [0.1, 0.15) is 6.04 Å². The van der Waals surface area contributed by atoms with Crippen molar-refractivity contribution in [3.05, 3.63) is 0 Å². The number of thiol groups is 1. The van der Waals surface area contributed by atoms with E-state index < -0.39 is 12.0 Å². The molecule has 0 aliphatic carbocycles. The second-order valence-electron chi connectivity index (χ2n) is 1.40. The van der Waals surface area contributed by atoms with Crippen LogP contribution in [0, 0.1) is 0 Å². The zero-order chi connectivity index (χ0) is 7.28. The highest BCUT2D eigenvalue weighted by molar-refractivity contribution is 7.80. The Bertz CT molecular complexity index is 97.8. The van der Waals surface area contributed by atoms with E-state index in [1.807, 2.05) is 0 Å². The topological polar surface area (TPSA) is 58.6 Å². The number of carbonyl (C=O) groups is 1. The summed E-state index contributed by atoms with van der Waals surface area (Å²) in [7, 11) is 1.36. The molecular formula is C4H9NO3S. The quantitative estimate of drug-likeness (QED) is 0.375. The van der Waals surface area contributed by atoms with Crippen molar-refractivity contribution in [2.24, 2.45) is 0 Å². The van der Waals surface area contributed by atoms with Gasteiger partial charge in [-0.3, -0.25) is 4.79 Å². The van der Waals surface area contributed by atoms with E-state index in [-0.39, 0.29) is 5.75 Å². The second-order valence-corrected chi connectivity index (χ2v) is 1.76. The maximum Gasteiger partial charge on any atom is 0.323 e. The summed E-state index contributed by atoms with van der Waals surface area (Å²) in [6.45, 7) is 0. The average molecular weight is 151 g/mol. The van der Waals surface area contributed by atoms with Gasteiger partial charge in [0.25, 0.3) is 0 Å². The third-order valence-corrected chi connectivity index (χ3v) is 1.11. The fraction of sp³-hybridized carbons (Fsp3) is 0.750. The molecule has 2 N–H and O–H groups in total. The Balaban J connectivity index is 3.54. The van der Waals surface area contributed by atoms with E-state index in [9.17, 15) is 4.79 Å². The number of carboxylic acids is 1. The lowest BCUT2D eigenvalue weighted by Crippen LogP contribution is -2.37. The smallest absolute Gasteiger partial charge is 0.323 e. The van der Waals surface area contributed by atoms with Gasteiger partial charge in [-0.1, -0.05) is 0 Å². The summed E-state index contributed by atoms with van der Waals surface area (Å²) in [6.07, 6.45) is 0. The minimum Gasteiger partial charge on any atom is -0.480 e. The van der Waals surface area contributed by atoms with Gasteiger partial charge in [0.2, 0.25) is 0 Å². The SMILES string of the molecule is CON[C@@H](CS)C(=O)O. The normalized spacial score (nSPS) is 13.1. The maximum absolute atomic E-state index is 10.1. The third-order valence-electron chi connectivity index (χ3n) is 0.741. The number of hydroxylamine groups is 1. The zero-order valence-corrected chi connectivity index (χ0v) is 5.89. The van der Waals surface area contributed by atoms with Gasteiger partial charge in [0.05, 0.1) is 7.11 Å². The van der Waals surface area contributed by atoms with Crippen LogP contribution in [-0.4, -0.2) is 30.0 Å². The van der Waals surface area contributed by atoms with Gasteiger partial charge in [-0.25, -0.2) is 0 Å². The highest BCUT2D eigenvalue weighted by Crippen LogP contribution is 1.86. The first-order chi connectivity index (χ1) is 4.22. The molecule has 4 nitrogen and oxygen atoms in total. The molecule has 0 radical (unpaired) electrons. The van der Waals surface area contributed by atoms with E-state index in [0.29, 0.717) is 0 Å². The van der Waals surface area contributed by atoms with Gasteiger partial charge in [-0.05, 0) is 0 Å². The van der Waals surface area contributed by atoms with Crippen LogP contribution >= 0.6 is 12.6 Å². The van der Waals surface area contributed by atoms with Crippen LogP contribution in [0.25, 0.3) is 0 Å². The first kappa shape index (κ1) is 8.74. The minimum atomic E-state index is -0.966. The maximum atomic E-state index is 10.1. The minimum absolute atomic E-state index is 0.211. The number of nitrogens with one attached hydrogen (secondary N) is 1. The molecule has 0 unspecified atom stereocenters. The highest BCUT2D eigenvalue weighted by Gasteiger charge is 2.13. The average Bonchev–Trinajstić information content (AvgIpc) is 1.82. The summed E-state index contributed by atoms with van der Waals surface area (Å²) in [6, 6.07) is -0.724. The van der Waals surface area contributed by atoms with Crippen molar-refractivity contribution in [1.29, 1.82) is 0 Å². The lowest BCUT2D eigenvalue weighted by Gasteiger charge is -2.07. The van der Waals surface area contributed by atoms with Crippen LogP contribution in [0.4, 0.5) is 0 Å². The van der Waals surface area contributed by atoms with E-state index in [4.69, 9.17) is 5.11 Å². The molecule has 0 aliphatic heterocycles. The molecule has 0 heterocycles. The van der Waals surface area contributed by atoms with E-state index in [0.717, 1.165) is 0 Å². The van der Waals surface area contributed by atoms with Crippen molar-refractivity contribution in [2.45, 2.75) is 6.04 Å². The van der Waals surface area contributed by atoms with Crippen molar-refractivity contribution in [2.75, 3.05) is 12.9 Å². The van der Waals surface area contributed by atoms with Crippen LogP contribution in [0.5, 0.6) is 0 Å². The Morgan fingerprint density at radius 1 is 2.00 bits per heavy atom. The molecule has 0 aromatic rings. The fourth-order valence-corrected chi connectivity index (χ4v) is 0.539. The summed E-state index contributed by atoms with van der Waals surface area (Å²) >= 11 is 3.77. The molecular weight excluding hydrogens is 142 g/mol. The van der Waals surface area contributed by atoms with Crippen molar-refractivity contribution in [3.63, 3.8) is 0 Å². The number of rotatable bonds is 4. The Labute approximate surface area is 58.6 Å². The Morgan fingerprint density at radius 2 is 2.56 bits per heavy atom. The second kappa shape index (κ2) is 4.60.